The van der Waals surface area contributed by atoms with Gasteiger partial charge in [0.15, 0.2) is 6.23 Å². The first-order valence-electron chi connectivity index (χ1n) is 3.68. The quantitative estimate of drug-likeness (QED) is 0.677. The standard InChI is InChI=1S/C6H8N4O2S/c1-9-2-4(11)10(6(9)12)5-8-7-3-13-5/h3-4,11H,2H2,1H3. The van der Waals surface area contributed by atoms with E-state index in [9.17, 15) is 9.90 Å². The van der Waals surface area contributed by atoms with Gasteiger partial charge in [-0.2, -0.15) is 0 Å². The van der Waals surface area contributed by atoms with Gasteiger partial charge in [-0.3, -0.25) is 0 Å². The summed E-state index contributed by atoms with van der Waals surface area (Å²) in [5.74, 6) is 0. The molecule has 0 saturated carbocycles. The summed E-state index contributed by atoms with van der Waals surface area (Å²) in [6, 6.07) is -0.246. The number of hydrogen-bond acceptors (Lipinski definition) is 5. The molecular formula is C6H8N4O2S. The maximum Gasteiger partial charge on any atom is 0.328 e. The molecule has 1 aromatic rings. The molecule has 1 N–H and O–H groups in total. The van der Waals surface area contributed by atoms with Crippen molar-refractivity contribution in [1.29, 1.82) is 0 Å². The smallest absolute Gasteiger partial charge is 0.328 e. The average Bonchev–Trinajstić information content (AvgIpc) is 2.63. The lowest BCUT2D eigenvalue weighted by atomic mass is 10.5. The van der Waals surface area contributed by atoms with Crippen LogP contribution in [0.4, 0.5) is 9.93 Å². The average molecular weight is 200 g/mol. The lowest BCUT2D eigenvalue weighted by Crippen LogP contribution is -2.34. The Balaban J connectivity index is 2.29. The third kappa shape index (κ3) is 1.25. The summed E-state index contributed by atoms with van der Waals surface area (Å²) < 4.78 is 0. The molecule has 70 valence electrons. The number of anilines is 1. The normalized spacial score (nSPS) is 22.9. The molecule has 1 fully saturated rings. The van der Waals surface area contributed by atoms with Gasteiger partial charge in [0, 0.05) is 7.05 Å². The molecule has 6 nitrogen and oxygen atoms in total. The highest BCUT2D eigenvalue weighted by atomic mass is 32.1. The van der Waals surface area contributed by atoms with Crippen LogP contribution in [0.25, 0.3) is 0 Å². The van der Waals surface area contributed by atoms with Gasteiger partial charge in [-0.1, -0.05) is 11.3 Å². The Bertz CT molecular complexity index is 314. The lowest BCUT2D eigenvalue weighted by Gasteiger charge is -2.13. The van der Waals surface area contributed by atoms with Crippen LogP contribution in [0.1, 0.15) is 0 Å². The Labute approximate surface area is 78.4 Å². The summed E-state index contributed by atoms with van der Waals surface area (Å²) in [6.45, 7) is 0.304. The van der Waals surface area contributed by atoms with Crippen molar-refractivity contribution in [2.24, 2.45) is 0 Å². The molecule has 2 rings (SSSR count). The third-order valence-corrected chi connectivity index (χ3v) is 2.51. The minimum absolute atomic E-state index is 0.246. The predicted octanol–water partition coefficient (Wildman–Crippen LogP) is -0.272. The number of nitrogens with zero attached hydrogens (tertiary/aromatic N) is 4. The number of β-amino-alcohol motifs (C(OH)–C–C–N with tert-alkyl or cyclic N) is 1. The van der Waals surface area contributed by atoms with Crippen molar-refractivity contribution in [2.75, 3.05) is 18.5 Å². The monoisotopic (exact) mass is 200 g/mol. The molecule has 0 aromatic carbocycles. The molecule has 0 spiro atoms. The Kier molecular flexibility index (Phi) is 1.89. The van der Waals surface area contributed by atoms with Crippen LogP contribution >= 0.6 is 11.3 Å². The van der Waals surface area contributed by atoms with Crippen LogP contribution in [-0.2, 0) is 0 Å². The Hall–Kier alpha value is -1.21. The number of aliphatic hydroxyl groups is 1. The van der Waals surface area contributed by atoms with Crippen LogP contribution in [0.5, 0.6) is 0 Å². The van der Waals surface area contributed by atoms with Gasteiger partial charge >= 0.3 is 6.03 Å². The van der Waals surface area contributed by atoms with Crippen molar-refractivity contribution in [3.05, 3.63) is 5.51 Å². The molecule has 1 aromatic heterocycles. The maximum absolute atomic E-state index is 11.4. The summed E-state index contributed by atoms with van der Waals surface area (Å²) in [4.78, 5) is 14.1. The van der Waals surface area contributed by atoms with Gasteiger partial charge in [0.2, 0.25) is 5.13 Å². The van der Waals surface area contributed by atoms with Crippen molar-refractivity contribution < 1.29 is 9.90 Å². The van der Waals surface area contributed by atoms with Crippen LogP contribution in [-0.4, -0.2) is 46.1 Å². The van der Waals surface area contributed by atoms with E-state index in [1.807, 2.05) is 0 Å². The highest BCUT2D eigenvalue weighted by Gasteiger charge is 2.36. The van der Waals surface area contributed by atoms with Crippen molar-refractivity contribution >= 4 is 22.5 Å². The molecule has 13 heavy (non-hydrogen) atoms. The minimum atomic E-state index is -0.814. The molecule has 1 aliphatic rings. The second kappa shape index (κ2) is 2.93. The first-order valence-corrected chi connectivity index (χ1v) is 4.56. The summed E-state index contributed by atoms with van der Waals surface area (Å²) in [6.07, 6.45) is -0.814. The van der Waals surface area contributed by atoms with Gasteiger partial charge < -0.3 is 10.0 Å². The summed E-state index contributed by atoms with van der Waals surface area (Å²) in [5, 5.41) is 17.3. The van der Waals surface area contributed by atoms with Gasteiger partial charge in [0.1, 0.15) is 5.51 Å². The van der Waals surface area contributed by atoms with Gasteiger partial charge in [-0.25, -0.2) is 9.69 Å². The zero-order chi connectivity index (χ0) is 9.42. The number of aromatic nitrogens is 2. The molecule has 0 radical (unpaired) electrons. The highest BCUT2D eigenvalue weighted by Crippen LogP contribution is 2.23. The first kappa shape index (κ1) is 8.39. The highest BCUT2D eigenvalue weighted by molar-refractivity contribution is 7.13. The second-order valence-corrected chi connectivity index (χ2v) is 3.55. The van der Waals surface area contributed by atoms with E-state index in [0.29, 0.717) is 11.7 Å². The summed E-state index contributed by atoms with van der Waals surface area (Å²) in [5.41, 5.74) is 1.52. The predicted molar refractivity (Wildman–Crippen MR) is 46.4 cm³/mol. The van der Waals surface area contributed by atoms with Crippen molar-refractivity contribution in [2.45, 2.75) is 6.23 Å². The molecule has 1 aliphatic heterocycles. The fourth-order valence-corrected chi connectivity index (χ4v) is 1.79. The number of urea groups is 1. The lowest BCUT2D eigenvalue weighted by molar-refractivity contribution is 0.183. The molecule has 7 heteroatoms. The van der Waals surface area contributed by atoms with Crippen molar-refractivity contribution in [3.63, 3.8) is 0 Å². The number of carbonyl (C=O) groups is 1. The number of amides is 2. The maximum atomic E-state index is 11.4. The van der Waals surface area contributed by atoms with Crippen molar-refractivity contribution in [1.82, 2.24) is 15.1 Å². The molecule has 1 saturated heterocycles. The van der Waals surface area contributed by atoms with Crippen LogP contribution < -0.4 is 4.90 Å². The summed E-state index contributed by atoms with van der Waals surface area (Å²) in [7, 11) is 1.63. The first-order chi connectivity index (χ1) is 6.20. The van der Waals surface area contributed by atoms with E-state index in [2.05, 4.69) is 10.2 Å². The number of aliphatic hydroxyl groups excluding tert-OH is 1. The van der Waals surface area contributed by atoms with Gasteiger partial charge in [-0.05, 0) is 0 Å². The van der Waals surface area contributed by atoms with Gasteiger partial charge in [0.25, 0.3) is 0 Å². The number of likely N-dealkylation sites (N-methyl/N-ethyl adjacent to an activating group) is 1. The van der Waals surface area contributed by atoms with Crippen LogP contribution in [0.3, 0.4) is 0 Å². The van der Waals surface area contributed by atoms with E-state index in [1.54, 1.807) is 7.05 Å². The summed E-state index contributed by atoms with van der Waals surface area (Å²) >= 11 is 1.23. The van der Waals surface area contributed by atoms with E-state index in [0.717, 1.165) is 0 Å². The Morgan fingerprint density at radius 2 is 2.54 bits per heavy atom. The Morgan fingerprint density at radius 3 is 3.00 bits per heavy atom. The zero-order valence-electron chi connectivity index (χ0n) is 6.91. The topological polar surface area (TPSA) is 69.6 Å². The molecular weight excluding hydrogens is 192 g/mol. The molecule has 2 amide bonds. The Morgan fingerprint density at radius 1 is 1.77 bits per heavy atom. The van der Waals surface area contributed by atoms with Gasteiger partial charge in [-0.15, -0.1) is 10.2 Å². The largest absolute Gasteiger partial charge is 0.371 e. The molecule has 1 atom stereocenters. The molecule has 0 bridgehead atoms. The third-order valence-electron chi connectivity index (χ3n) is 1.82. The minimum Gasteiger partial charge on any atom is -0.371 e. The fourth-order valence-electron chi connectivity index (χ4n) is 1.20. The zero-order valence-corrected chi connectivity index (χ0v) is 7.73. The van der Waals surface area contributed by atoms with Gasteiger partial charge in [0.05, 0.1) is 6.54 Å². The number of rotatable bonds is 1. The SMILES string of the molecule is CN1CC(O)N(c2nncs2)C1=O. The second-order valence-electron chi connectivity index (χ2n) is 2.74. The van der Waals surface area contributed by atoms with Crippen molar-refractivity contribution in [3.8, 4) is 0 Å². The fraction of sp³-hybridized carbons (Fsp3) is 0.500. The van der Waals surface area contributed by atoms with E-state index >= 15 is 0 Å². The molecule has 1 unspecified atom stereocenters. The van der Waals surface area contributed by atoms with E-state index in [4.69, 9.17) is 0 Å². The van der Waals surface area contributed by atoms with E-state index in [1.165, 1.54) is 26.6 Å². The molecule has 0 aliphatic carbocycles. The molecule has 2 heterocycles. The van der Waals surface area contributed by atoms with E-state index < -0.39 is 6.23 Å². The number of carbonyl (C=O) groups excluding carboxylic acids is 1. The van der Waals surface area contributed by atoms with Crippen LogP contribution in [0.15, 0.2) is 5.51 Å². The van der Waals surface area contributed by atoms with Crippen LogP contribution in [0, 0.1) is 0 Å². The number of hydrogen-bond donors (Lipinski definition) is 1. The van der Waals surface area contributed by atoms with E-state index in [-0.39, 0.29) is 6.03 Å². The van der Waals surface area contributed by atoms with Crippen LogP contribution in [0.2, 0.25) is 0 Å².